The molecule has 1 aromatic heterocycles. The minimum atomic E-state index is 0.601. The van der Waals surface area contributed by atoms with Crippen molar-refractivity contribution in [2.24, 2.45) is 0 Å². The summed E-state index contributed by atoms with van der Waals surface area (Å²) in [5, 5.41) is 0. The van der Waals surface area contributed by atoms with E-state index in [4.69, 9.17) is 4.74 Å². The number of likely N-dealkylation sites (N-methyl/N-ethyl adjacent to an activating group) is 1. The molecule has 0 saturated heterocycles. The smallest absolute Gasteiger partial charge is 0.217 e. The van der Waals surface area contributed by atoms with Gasteiger partial charge in [0, 0.05) is 12.6 Å². The van der Waals surface area contributed by atoms with Gasteiger partial charge in [-0.25, -0.2) is 9.97 Å². The summed E-state index contributed by atoms with van der Waals surface area (Å²) in [5.74, 6) is 0.601. The molecule has 0 bridgehead atoms. The van der Waals surface area contributed by atoms with Crippen LogP contribution in [0.2, 0.25) is 0 Å². The third-order valence-electron chi connectivity index (χ3n) is 1.40. The highest BCUT2D eigenvalue weighted by atomic mass is 79.9. The Morgan fingerprint density at radius 3 is 2.85 bits per heavy atom. The molecule has 72 valence electrons. The number of nitrogens with zero attached hydrogens (tertiary/aromatic N) is 3. The fourth-order valence-electron chi connectivity index (χ4n) is 0.729. The van der Waals surface area contributed by atoms with E-state index in [2.05, 4.69) is 30.8 Å². The average Bonchev–Trinajstić information content (AvgIpc) is 2.03. The second kappa shape index (κ2) is 5.14. The number of aromatic nitrogens is 2. The maximum absolute atomic E-state index is 5.37. The number of hydrogen-bond acceptors (Lipinski definition) is 4. The molecule has 0 aliphatic carbocycles. The lowest BCUT2D eigenvalue weighted by molar-refractivity contribution is 0.253. The van der Waals surface area contributed by atoms with Crippen molar-refractivity contribution >= 4 is 15.9 Å². The molecule has 1 aromatic rings. The molecule has 13 heavy (non-hydrogen) atoms. The standard InChI is InChI=1S/C8H12BrN3O/c1-12(2)3-4-13-8-5-7(9)10-6-11-8/h5-6H,3-4H2,1-2H3. The van der Waals surface area contributed by atoms with Gasteiger partial charge >= 0.3 is 0 Å². The van der Waals surface area contributed by atoms with Crippen molar-refractivity contribution in [3.63, 3.8) is 0 Å². The Kier molecular flexibility index (Phi) is 4.11. The topological polar surface area (TPSA) is 38.2 Å². The van der Waals surface area contributed by atoms with Gasteiger partial charge in [0.2, 0.25) is 5.88 Å². The highest BCUT2D eigenvalue weighted by Gasteiger charge is 1.97. The lowest BCUT2D eigenvalue weighted by Crippen LogP contribution is -2.19. The Hall–Kier alpha value is -0.680. The SMILES string of the molecule is CN(C)CCOc1cc(Br)ncn1. The van der Waals surface area contributed by atoms with E-state index in [-0.39, 0.29) is 0 Å². The lowest BCUT2D eigenvalue weighted by Gasteiger charge is -2.09. The van der Waals surface area contributed by atoms with Gasteiger partial charge in [0.15, 0.2) is 0 Å². The number of halogens is 1. The summed E-state index contributed by atoms with van der Waals surface area (Å²) in [6, 6.07) is 1.75. The van der Waals surface area contributed by atoms with E-state index in [0.29, 0.717) is 12.5 Å². The van der Waals surface area contributed by atoms with Crippen LogP contribution in [0.15, 0.2) is 17.0 Å². The van der Waals surface area contributed by atoms with Gasteiger partial charge in [-0.05, 0) is 30.0 Å². The summed E-state index contributed by atoms with van der Waals surface area (Å²) in [7, 11) is 4.00. The van der Waals surface area contributed by atoms with Gasteiger partial charge in [-0.2, -0.15) is 0 Å². The van der Waals surface area contributed by atoms with Gasteiger partial charge in [-0.3, -0.25) is 0 Å². The van der Waals surface area contributed by atoms with Crippen molar-refractivity contribution in [1.82, 2.24) is 14.9 Å². The summed E-state index contributed by atoms with van der Waals surface area (Å²) >= 11 is 3.24. The molecule has 0 spiro atoms. The Morgan fingerprint density at radius 1 is 1.46 bits per heavy atom. The molecule has 0 radical (unpaired) electrons. The van der Waals surface area contributed by atoms with Crippen molar-refractivity contribution in [3.8, 4) is 5.88 Å². The fraction of sp³-hybridized carbons (Fsp3) is 0.500. The molecule has 1 rings (SSSR count). The zero-order valence-corrected chi connectivity index (χ0v) is 9.28. The van der Waals surface area contributed by atoms with E-state index in [0.717, 1.165) is 11.1 Å². The first-order valence-corrected chi connectivity index (χ1v) is 4.73. The molecule has 0 amide bonds. The molecule has 5 heteroatoms. The van der Waals surface area contributed by atoms with Gasteiger partial charge < -0.3 is 9.64 Å². The van der Waals surface area contributed by atoms with Gasteiger partial charge in [-0.1, -0.05) is 0 Å². The van der Waals surface area contributed by atoms with Crippen LogP contribution in [0.5, 0.6) is 5.88 Å². The summed E-state index contributed by atoms with van der Waals surface area (Å²) < 4.78 is 6.11. The number of hydrogen-bond donors (Lipinski definition) is 0. The highest BCUT2D eigenvalue weighted by Crippen LogP contribution is 2.11. The van der Waals surface area contributed by atoms with Crippen molar-refractivity contribution < 1.29 is 4.74 Å². The second-order valence-corrected chi connectivity index (χ2v) is 3.64. The predicted octanol–water partition coefficient (Wildman–Crippen LogP) is 1.18. The van der Waals surface area contributed by atoms with Crippen LogP contribution in [0.1, 0.15) is 0 Å². The maximum atomic E-state index is 5.37. The second-order valence-electron chi connectivity index (χ2n) is 2.83. The van der Waals surface area contributed by atoms with Crippen molar-refractivity contribution in [2.75, 3.05) is 27.2 Å². The molecule has 1 heterocycles. The van der Waals surface area contributed by atoms with Crippen LogP contribution < -0.4 is 4.74 Å². The molecule has 0 aliphatic heterocycles. The van der Waals surface area contributed by atoms with Gasteiger partial charge in [0.05, 0.1) is 0 Å². The Morgan fingerprint density at radius 2 is 2.23 bits per heavy atom. The summed E-state index contributed by atoms with van der Waals surface area (Å²) in [5.41, 5.74) is 0. The molecule has 0 N–H and O–H groups in total. The molecule has 0 fully saturated rings. The number of rotatable bonds is 4. The molecule has 0 unspecified atom stereocenters. The van der Waals surface area contributed by atoms with Crippen molar-refractivity contribution in [1.29, 1.82) is 0 Å². The van der Waals surface area contributed by atoms with Gasteiger partial charge in [-0.15, -0.1) is 0 Å². The van der Waals surface area contributed by atoms with Crippen LogP contribution in [0.3, 0.4) is 0 Å². The fourth-order valence-corrected chi connectivity index (χ4v) is 1.02. The van der Waals surface area contributed by atoms with Crippen LogP contribution in [-0.4, -0.2) is 42.1 Å². The lowest BCUT2D eigenvalue weighted by atomic mass is 10.6. The van der Waals surface area contributed by atoms with Crippen molar-refractivity contribution in [2.45, 2.75) is 0 Å². The summed E-state index contributed by atoms with van der Waals surface area (Å²) in [4.78, 5) is 9.90. The minimum Gasteiger partial charge on any atom is -0.476 e. The molecule has 4 nitrogen and oxygen atoms in total. The first-order chi connectivity index (χ1) is 6.18. The largest absolute Gasteiger partial charge is 0.476 e. The Balaban J connectivity index is 2.37. The molecule has 0 aliphatic rings. The normalized spacial score (nSPS) is 10.5. The average molecular weight is 246 g/mol. The van der Waals surface area contributed by atoms with Crippen LogP contribution in [0, 0.1) is 0 Å². The predicted molar refractivity (Wildman–Crippen MR) is 53.8 cm³/mol. The molecule has 0 atom stereocenters. The van der Waals surface area contributed by atoms with Gasteiger partial charge in [0.1, 0.15) is 17.5 Å². The third kappa shape index (κ3) is 4.19. The molecular formula is C8H12BrN3O. The van der Waals surface area contributed by atoms with E-state index < -0.39 is 0 Å². The number of ether oxygens (including phenoxy) is 1. The molecule has 0 aromatic carbocycles. The molecule has 0 saturated carbocycles. The van der Waals surface area contributed by atoms with Crippen LogP contribution >= 0.6 is 15.9 Å². The van der Waals surface area contributed by atoms with Gasteiger partial charge in [0.25, 0.3) is 0 Å². The summed E-state index contributed by atoms with van der Waals surface area (Å²) in [6.45, 7) is 1.51. The third-order valence-corrected chi connectivity index (χ3v) is 1.83. The summed E-state index contributed by atoms with van der Waals surface area (Å²) in [6.07, 6.45) is 1.47. The Labute approximate surface area is 86.1 Å². The van der Waals surface area contributed by atoms with Crippen molar-refractivity contribution in [3.05, 3.63) is 17.0 Å². The monoisotopic (exact) mass is 245 g/mol. The minimum absolute atomic E-state index is 0.601. The Bertz CT molecular complexity index is 267. The van der Waals surface area contributed by atoms with E-state index in [1.165, 1.54) is 6.33 Å². The maximum Gasteiger partial charge on any atom is 0.217 e. The zero-order chi connectivity index (χ0) is 9.68. The van der Waals surface area contributed by atoms with E-state index in [1.807, 2.05) is 14.1 Å². The van der Waals surface area contributed by atoms with Crippen LogP contribution in [0.25, 0.3) is 0 Å². The van der Waals surface area contributed by atoms with E-state index in [9.17, 15) is 0 Å². The highest BCUT2D eigenvalue weighted by molar-refractivity contribution is 9.10. The zero-order valence-electron chi connectivity index (χ0n) is 7.70. The first kappa shape index (κ1) is 10.4. The van der Waals surface area contributed by atoms with Crippen LogP contribution in [-0.2, 0) is 0 Å². The van der Waals surface area contributed by atoms with E-state index >= 15 is 0 Å². The molecular weight excluding hydrogens is 234 g/mol. The van der Waals surface area contributed by atoms with Crippen LogP contribution in [0.4, 0.5) is 0 Å². The van der Waals surface area contributed by atoms with E-state index in [1.54, 1.807) is 6.07 Å². The quantitative estimate of drug-likeness (QED) is 0.748. The first-order valence-electron chi connectivity index (χ1n) is 3.93.